The maximum absolute atomic E-state index is 13.7. The molecule has 2 nitrogen and oxygen atoms in total. The molecule has 1 aromatic heterocycles. The van der Waals surface area contributed by atoms with Gasteiger partial charge in [0.15, 0.2) is 0 Å². The van der Waals surface area contributed by atoms with Crippen molar-refractivity contribution in [3.05, 3.63) is 65.2 Å². The van der Waals surface area contributed by atoms with E-state index in [1.54, 1.807) is 31.3 Å². The highest BCUT2D eigenvalue weighted by Crippen LogP contribution is 2.30. The van der Waals surface area contributed by atoms with Crippen LogP contribution in [0.5, 0.6) is 0 Å². The number of nitrogens with two attached hydrogens (primary N) is 1. The van der Waals surface area contributed by atoms with Gasteiger partial charge in [0.2, 0.25) is 0 Å². The van der Waals surface area contributed by atoms with Crippen molar-refractivity contribution < 1.29 is 13.2 Å². The van der Waals surface area contributed by atoms with Crippen molar-refractivity contribution in [2.75, 3.05) is 0 Å². The summed E-state index contributed by atoms with van der Waals surface area (Å²) in [5.74, 6) is -3.31. The minimum atomic E-state index is -0.979. The first-order valence-electron chi connectivity index (χ1n) is 5.81. The Hall–Kier alpha value is -1.88. The van der Waals surface area contributed by atoms with E-state index in [1.165, 1.54) is 0 Å². The molecule has 100 valence electrons. The third-order valence-electron chi connectivity index (χ3n) is 3.07. The molecular weight excluding hydrogens is 253 g/mol. The zero-order valence-electron chi connectivity index (χ0n) is 10.3. The summed E-state index contributed by atoms with van der Waals surface area (Å²) in [5.41, 5.74) is 6.18. The lowest BCUT2D eigenvalue weighted by Crippen LogP contribution is -2.21. The topological polar surface area (TPSA) is 38.9 Å². The molecule has 0 spiro atoms. The van der Waals surface area contributed by atoms with E-state index in [1.807, 2.05) is 0 Å². The molecule has 2 N–H and O–H groups in total. The summed E-state index contributed by atoms with van der Waals surface area (Å²) in [4.78, 5) is 4.10. The zero-order chi connectivity index (χ0) is 14.0. The molecule has 0 aliphatic carbocycles. The van der Waals surface area contributed by atoms with Crippen LogP contribution >= 0.6 is 0 Å². The van der Waals surface area contributed by atoms with Gasteiger partial charge in [0, 0.05) is 41.5 Å². The predicted octanol–water partition coefficient (Wildman–Crippen LogP) is 3.30. The summed E-state index contributed by atoms with van der Waals surface area (Å²) in [6.07, 6.45) is 1.58. The van der Waals surface area contributed by atoms with Crippen LogP contribution in [0.15, 0.2) is 36.5 Å². The van der Waals surface area contributed by atoms with Gasteiger partial charge in [0.05, 0.1) is 0 Å². The number of halogens is 3. The van der Waals surface area contributed by atoms with Gasteiger partial charge in [-0.3, -0.25) is 4.98 Å². The van der Waals surface area contributed by atoms with Crippen LogP contribution in [0.1, 0.15) is 30.1 Å². The third-order valence-corrected chi connectivity index (χ3v) is 3.07. The lowest BCUT2D eigenvalue weighted by atomic mass is 9.91. The highest BCUT2D eigenvalue weighted by molar-refractivity contribution is 5.27. The Kier molecular flexibility index (Phi) is 3.85. The molecule has 0 aliphatic rings. The van der Waals surface area contributed by atoms with E-state index in [0.717, 1.165) is 0 Å². The first kappa shape index (κ1) is 13.5. The number of hydrogen-bond donors (Lipinski definition) is 1. The second kappa shape index (κ2) is 5.40. The number of nitrogens with zero attached hydrogens (tertiary/aromatic N) is 1. The first-order valence-corrected chi connectivity index (χ1v) is 5.81. The van der Waals surface area contributed by atoms with Crippen molar-refractivity contribution in [3.8, 4) is 0 Å². The Morgan fingerprint density at radius 3 is 2.26 bits per heavy atom. The van der Waals surface area contributed by atoms with Crippen molar-refractivity contribution in [1.82, 2.24) is 4.98 Å². The normalized spacial score (nSPS) is 14.2. The monoisotopic (exact) mass is 266 g/mol. The van der Waals surface area contributed by atoms with Crippen LogP contribution in [0, 0.1) is 17.5 Å². The Morgan fingerprint density at radius 1 is 1.11 bits per heavy atom. The number of rotatable bonds is 3. The molecule has 2 rings (SSSR count). The average molecular weight is 266 g/mol. The third kappa shape index (κ3) is 2.76. The van der Waals surface area contributed by atoms with Crippen LogP contribution < -0.4 is 5.73 Å². The van der Waals surface area contributed by atoms with E-state index in [2.05, 4.69) is 4.98 Å². The van der Waals surface area contributed by atoms with Gasteiger partial charge in [-0.15, -0.1) is 0 Å². The van der Waals surface area contributed by atoms with Gasteiger partial charge in [0.25, 0.3) is 0 Å². The summed E-state index contributed by atoms with van der Waals surface area (Å²) < 4.78 is 40.2. The number of hydrogen-bond acceptors (Lipinski definition) is 2. The fourth-order valence-corrected chi connectivity index (χ4v) is 1.95. The van der Waals surface area contributed by atoms with E-state index < -0.39 is 29.4 Å². The van der Waals surface area contributed by atoms with Crippen molar-refractivity contribution in [3.63, 3.8) is 0 Å². The van der Waals surface area contributed by atoms with Crippen molar-refractivity contribution in [2.45, 2.75) is 18.9 Å². The molecule has 1 aromatic carbocycles. The molecule has 2 aromatic rings. The van der Waals surface area contributed by atoms with E-state index >= 15 is 0 Å². The molecule has 5 heteroatoms. The molecule has 0 saturated carbocycles. The minimum absolute atomic E-state index is 0.320. The maximum atomic E-state index is 13.7. The van der Waals surface area contributed by atoms with Crippen molar-refractivity contribution >= 4 is 0 Å². The summed E-state index contributed by atoms with van der Waals surface area (Å²) >= 11 is 0. The molecule has 0 aliphatic heterocycles. The lowest BCUT2D eigenvalue weighted by Gasteiger charge is -2.20. The van der Waals surface area contributed by atoms with E-state index in [0.29, 0.717) is 17.8 Å². The fourth-order valence-electron chi connectivity index (χ4n) is 1.95. The van der Waals surface area contributed by atoms with Gasteiger partial charge < -0.3 is 5.73 Å². The van der Waals surface area contributed by atoms with Crippen LogP contribution in [-0.2, 0) is 0 Å². The predicted molar refractivity (Wildman–Crippen MR) is 65.9 cm³/mol. The Labute approximate surface area is 109 Å². The largest absolute Gasteiger partial charge is 0.323 e. The minimum Gasteiger partial charge on any atom is -0.323 e. The maximum Gasteiger partial charge on any atom is 0.133 e. The van der Waals surface area contributed by atoms with E-state index in [4.69, 9.17) is 5.73 Å². The van der Waals surface area contributed by atoms with Crippen LogP contribution in [0.3, 0.4) is 0 Å². The smallest absolute Gasteiger partial charge is 0.133 e. The molecule has 19 heavy (non-hydrogen) atoms. The van der Waals surface area contributed by atoms with Gasteiger partial charge in [-0.25, -0.2) is 13.2 Å². The Morgan fingerprint density at radius 2 is 1.74 bits per heavy atom. The van der Waals surface area contributed by atoms with Crippen LogP contribution in [-0.4, -0.2) is 4.98 Å². The Balaban J connectivity index is 2.37. The summed E-state index contributed by atoms with van der Waals surface area (Å²) in [6.45, 7) is 1.72. The second-order valence-electron chi connectivity index (χ2n) is 4.35. The summed E-state index contributed by atoms with van der Waals surface area (Å²) in [7, 11) is 0. The summed E-state index contributed by atoms with van der Waals surface area (Å²) in [5, 5.41) is 0. The molecule has 0 fully saturated rings. The van der Waals surface area contributed by atoms with Crippen LogP contribution in [0.2, 0.25) is 0 Å². The van der Waals surface area contributed by atoms with Gasteiger partial charge in [-0.05, 0) is 12.1 Å². The van der Waals surface area contributed by atoms with Gasteiger partial charge >= 0.3 is 0 Å². The van der Waals surface area contributed by atoms with Gasteiger partial charge in [0.1, 0.15) is 17.5 Å². The average Bonchev–Trinajstić information content (AvgIpc) is 2.37. The highest BCUT2D eigenvalue weighted by atomic mass is 19.1. The molecule has 0 amide bonds. The molecule has 2 unspecified atom stereocenters. The first-order chi connectivity index (χ1) is 9.00. The van der Waals surface area contributed by atoms with E-state index in [-0.39, 0.29) is 5.56 Å². The molecule has 0 radical (unpaired) electrons. The number of benzene rings is 1. The van der Waals surface area contributed by atoms with E-state index in [9.17, 15) is 13.2 Å². The van der Waals surface area contributed by atoms with Gasteiger partial charge in [-0.1, -0.05) is 13.0 Å². The van der Waals surface area contributed by atoms with Crippen LogP contribution in [0.25, 0.3) is 0 Å². The molecular formula is C14H13F3N2. The molecule has 1 heterocycles. The van der Waals surface area contributed by atoms with Crippen LogP contribution in [0.4, 0.5) is 13.2 Å². The molecule has 2 atom stereocenters. The standard InChI is InChI=1S/C14H13F3N2/c1-8(12-4-2-3-5-19-12)14(18)13-10(16)6-9(15)7-11(13)17/h2-8,14H,18H2,1H3. The van der Waals surface area contributed by atoms with Crippen molar-refractivity contribution in [2.24, 2.45) is 5.73 Å². The summed E-state index contributed by atoms with van der Waals surface area (Å²) in [6, 6.07) is 5.55. The lowest BCUT2D eigenvalue weighted by molar-refractivity contribution is 0.476. The van der Waals surface area contributed by atoms with Gasteiger partial charge in [-0.2, -0.15) is 0 Å². The second-order valence-corrected chi connectivity index (χ2v) is 4.35. The van der Waals surface area contributed by atoms with Crippen molar-refractivity contribution in [1.29, 1.82) is 0 Å². The quantitative estimate of drug-likeness (QED) is 0.925. The zero-order valence-corrected chi connectivity index (χ0v) is 10.3. The highest BCUT2D eigenvalue weighted by Gasteiger charge is 2.24. The SMILES string of the molecule is CC(c1ccccn1)C(N)c1c(F)cc(F)cc1F. The number of aromatic nitrogens is 1. The fraction of sp³-hybridized carbons (Fsp3) is 0.214. The molecule has 0 bridgehead atoms. The Bertz CT molecular complexity index is 549. The number of pyridine rings is 1. The molecule has 0 saturated heterocycles.